The van der Waals surface area contributed by atoms with Crippen LogP contribution >= 0.6 is 0 Å². The van der Waals surface area contributed by atoms with Gasteiger partial charge >= 0.3 is 0 Å². The van der Waals surface area contributed by atoms with Crippen LogP contribution in [0.2, 0.25) is 0 Å². The number of nitrogens with zero attached hydrogens (tertiary/aromatic N) is 1. The number of carbonyl (C=O) groups is 1. The summed E-state index contributed by atoms with van der Waals surface area (Å²) < 4.78 is 0. The van der Waals surface area contributed by atoms with Gasteiger partial charge in [-0.05, 0) is 30.7 Å². The van der Waals surface area contributed by atoms with Crippen molar-refractivity contribution in [2.24, 2.45) is 5.92 Å². The third-order valence-electron chi connectivity index (χ3n) is 4.78. The van der Waals surface area contributed by atoms with Crippen LogP contribution < -0.4 is 5.32 Å². The molecule has 1 aliphatic carbocycles. The molecule has 1 aliphatic heterocycles. The molecule has 1 saturated carbocycles. The molecule has 1 heterocycles. The Balaban J connectivity index is 1.81. The molecule has 4 unspecified atom stereocenters. The van der Waals surface area contributed by atoms with Gasteiger partial charge in [-0.3, -0.25) is 10.1 Å². The van der Waals surface area contributed by atoms with Crippen LogP contribution in [0.4, 0.5) is 0 Å². The van der Waals surface area contributed by atoms with Crippen LogP contribution in [-0.4, -0.2) is 22.9 Å². The summed E-state index contributed by atoms with van der Waals surface area (Å²) in [4.78, 5) is 14.9. The van der Waals surface area contributed by atoms with Crippen LogP contribution in [-0.2, 0) is 4.79 Å². The lowest BCUT2D eigenvalue weighted by Crippen LogP contribution is -2.34. The summed E-state index contributed by atoms with van der Waals surface area (Å²) in [5.41, 5.74) is 1.21. The summed E-state index contributed by atoms with van der Waals surface area (Å²) in [6, 6.07) is 10.9. The first-order chi connectivity index (χ1) is 10.3. The number of nitrogens with one attached hydrogen (secondary N) is 1. The van der Waals surface area contributed by atoms with E-state index in [-0.39, 0.29) is 12.2 Å². The van der Waals surface area contributed by atoms with E-state index in [4.69, 9.17) is 0 Å². The Labute approximate surface area is 127 Å². The standard InChI is InChI=1S/C18H26N2O/c1-3-8-14-12-16(14)20-17(13-10-6-5-7-11-13)19-15(9-4-2)18(20)21/h5-7,10-11,14-17,19H,3-4,8-9,12H2,1-2H3. The van der Waals surface area contributed by atoms with Crippen LogP contribution in [0.3, 0.4) is 0 Å². The second-order valence-corrected chi connectivity index (χ2v) is 6.42. The lowest BCUT2D eigenvalue weighted by molar-refractivity contribution is -0.131. The molecule has 1 aromatic rings. The van der Waals surface area contributed by atoms with Gasteiger partial charge in [-0.25, -0.2) is 0 Å². The predicted molar refractivity (Wildman–Crippen MR) is 84.7 cm³/mol. The molecule has 3 rings (SSSR count). The molecule has 0 bridgehead atoms. The third kappa shape index (κ3) is 2.84. The number of amides is 1. The van der Waals surface area contributed by atoms with Gasteiger partial charge in [0.05, 0.1) is 6.04 Å². The number of carbonyl (C=O) groups excluding carboxylic acids is 1. The number of hydrogen-bond donors (Lipinski definition) is 1. The fraction of sp³-hybridized carbons (Fsp3) is 0.611. The van der Waals surface area contributed by atoms with Gasteiger partial charge in [-0.2, -0.15) is 0 Å². The Kier molecular flexibility index (Phi) is 4.29. The minimum Gasteiger partial charge on any atom is -0.318 e. The molecule has 0 radical (unpaired) electrons. The topological polar surface area (TPSA) is 32.3 Å². The van der Waals surface area contributed by atoms with Gasteiger partial charge in [0.15, 0.2) is 0 Å². The highest BCUT2D eigenvalue weighted by Gasteiger charge is 2.51. The molecule has 0 spiro atoms. The maximum absolute atomic E-state index is 12.8. The lowest BCUT2D eigenvalue weighted by Gasteiger charge is -2.25. The maximum atomic E-state index is 12.8. The SMILES string of the molecule is CCCC1NC(c2ccccc2)N(C2CC2CCC)C1=O. The van der Waals surface area contributed by atoms with Gasteiger partial charge in [-0.1, -0.05) is 57.0 Å². The normalized spacial score (nSPS) is 31.7. The predicted octanol–water partition coefficient (Wildman–Crippen LogP) is 3.47. The minimum absolute atomic E-state index is 0.00285. The average molecular weight is 286 g/mol. The first kappa shape index (κ1) is 14.6. The molecular formula is C18H26N2O. The van der Waals surface area contributed by atoms with Crippen molar-refractivity contribution in [1.29, 1.82) is 0 Å². The van der Waals surface area contributed by atoms with Gasteiger partial charge in [-0.15, -0.1) is 0 Å². The van der Waals surface area contributed by atoms with Crippen LogP contribution in [0.5, 0.6) is 0 Å². The van der Waals surface area contributed by atoms with Gasteiger partial charge in [0.25, 0.3) is 0 Å². The molecule has 3 nitrogen and oxygen atoms in total. The molecule has 114 valence electrons. The molecule has 1 saturated heterocycles. The first-order valence-electron chi connectivity index (χ1n) is 8.39. The summed E-state index contributed by atoms with van der Waals surface area (Å²) in [5.74, 6) is 1.03. The van der Waals surface area contributed by atoms with E-state index in [1.807, 2.05) is 6.07 Å². The summed E-state index contributed by atoms with van der Waals surface area (Å²) in [6.07, 6.45) is 5.69. The Morgan fingerprint density at radius 1 is 1.14 bits per heavy atom. The summed E-state index contributed by atoms with van der Waals surface area (Å²) in [6.45, 7) is 4.38. The summed E-state index contributed by atoms with van der Waals surface area (Å²) in [7, 11) is 0. The summed E-state index contributed by atoms with van der Waals surface area (Å²) in [5, 5.41) is 3.57. The monoisotopic (exact) mass is 286 g/mol. The number of rotatable bonds is 6. The van der Waals surface area contributed by atoms with Crippen molar-refractivity contribution in [3.63, 3.8) is 0 Å². The molecule has 4 atom stereocenters. The molecule has 1 N–H and O–H groups in total. The van der Waals surface area contributed by atoms with Gasteiger partial charge in [0, 0.05) is 6.04 Å². The van der Waals surface area contributed by atoms with Crippen LogP contribution in [0.1, 0.15) is 57.7 Å². The molecule has 1 aromatic carbocycles. The van der Waals surface area contributed by atoms with Crippen molar-refractivity contribution < 1.29 is 4.79 Å². The van der Waals surface area contributed by atoms with Crippen LogP contribution in [0.15, 0.2) is 30.3 Å². The number of hydrogen-bond acceptors (Lipinski definition) is 2. The average Bonchev–Trinajstić information content (AvgIpc) is 3.18. The molecule has 21 heavy (non-hydrogen) atoms. The van der Waals surface area contributed by atoms with E-state index in [1.165, 1.54) is 24.8 Å². The Bertz CT molecular complexity index is 487. The first-order valence-corrected chi connectivity index (χ1v) is 8.39. The highest BCUT2D eigenvalue weighted by molar-refractivity contribution is 5.85. The zero-order valence-corrected chi connectivity index (χ0v) is 13.1. The van der Waals surface area contributed by atoms with Crippen molar-refractivity contribution in [3.8, 4) is 0 Å². The van der Waals surface area contributed by atoms with Crippen molar-refractivity contribution in [1.82, 2.24) is 10.2 Å². The number of benzene rings is 1. The Morgan fingerprint density at radius 2 is 1.86 bits per heavy atom. The molecule has 2 fully saturated rings. The zero-order valence-electron chi connectivity index (χ0n) is 13.1. The Morgan fingerprint density at radius 3 is 2.52 bits per heavy atom. The zero-order chi connectivity index (χ0) is 14.8. The highest BCUT2D eigenvalue weighted by atomic mass is 16.2. The van der Waals surface area contributed by atoms with E-state index < -0.39 is 0 Å². The van der Waals surface area contributed by atoms with E-state index in [0.717, 1.165) is 12.8 Å². The van der Waals surface area contributed by atoms with E-state index in [9.17, 15) is 4.79 Å². The largest absolute Gasteiger partial charge is 0.318 e. The molecule has 2 aliphatic rings. The molecule has 3 heteroatoms. The molecule has 0 aromatic heterocycles. The van der Waals surface area contributed by atoms with Crippen LogP contribution in [0, 0.1) is 5.92 Å². The van der Waals surface area contributed by atoms with E-state index in [1.54, 1.807) is 0 Å². The second kappa shape index (κ2) is 6.18. The van der Waals surface area contributed by atoms with Crippen LogP contribution in [0.25, 0.3) is 0 Å². The van der Waals surface area contributed by atoms with E-state index >= 15 is 0 Å². The van der Waals surface area contributed by atoms with Crippen molar-refractivity contribution in [2.75, 3.05) is 0 Å². The smallest absolute Gasteiger partial charge is 0.241 e. The quantitative estimate of drug-likeness (QED) is 0.868. The fourth-order valence-electron chi connectivity index (χ4n) is 3.65. The van der Waals surface area contributed by atoms with Gasteiger partial charge in [0.1, 0.15) is 6.17 Å². The van der Waals surface area contributed by atoms with E-state index in [0.29, 0.717) is 17.9 Å². The Hall–Kier alpha value is -1.35. The summed E-state index contributed by atoms with van der Waals surface area (Å²) >= 11 is 0. The maximum Gasteiger partial charge on any atom is 0.241 e. The van der Waals surface area contributed by atoms with Crippen molar-refractivity contribution in [2.45, 2.75) is 64.2 Å². The van der Waals surface area contributed by atoms with E-state index in [2.05, 4.69) is 48.3 Å². The van der Waals surface area contributed by atoms with Crippen molar-refractivity contribution >= 4 is 5.91 Å². The molecular weight excluding hydrogens is 260 g/mol. The van der Waals surface area contributed by atoms with Gasteiger partial charge in [0.2, 0.25) is 5.91 Å². The second-order valence-electron chi connectivity index (χ2n) is 6.42. The fourth-order valence-corrected chi connectivity index (χ4v) is 3.65. The van der Waals surface area contributed by atoms with Crippen molar-refractivity contribution in [3.05, 3.63) is 35.9 Å². The minimum atomic E-state index is 0.00285. The lowest BCUT2D eigenvalue weighted by atomic mass is 10.1. The van der Waals surface area contributed by atoms with Gasteiger partial charge < -0.3 is 4.90 Å². The highest BCUT2D eigenvalue weighted by Crippen LogP contribution is 2.44. The molecule has 1 amide bonds. The third-order valence-corrected chi connectivity index (χ3v) is 4.78.